The second-order valence-electron chi connectivity index (χ2n) is 5.92. The molecule has 1 aliphatic rings. The molecule has 0 unspecified atom stereocenters. The van der Waals surface area contributed by atoms with E-state index in [9.17, 15) is 0 Å². The monoisotopic (exact) mass is 269 g/mol. The molecule has 1 aromatic carbocycles. The number of hydrogen-bond acceptors (Lipinski definition) is 3. The minimum atomic E-state index is 0.540. The Bertz CT molecular complexity index is 586. The van der Waals surface area contributed by atoms with Gasteiger partial charge >= 0.3 is 0 Å². The summed E-state index contributed by atoms with van der Waals surface area (Å²) in [7, 11) is 0. The predicted octanol–water partition coefficient (Wildman–Crippen LogP) is 4.32. The molecule has 0 saturated heterocycles. The SMILES string of the molecule is CCC1CCC(Nc2nc(C)c3ccccc3n2)CC1. The summed E-state index contributed by atoms with van der Waals surface area (Å²) in [5.74, 6) is 1.72. The maximum atomic E-state index is 4.65. The minimum absolute atomic E-state index is 0.540. The van der Waals surface area contributed by atoms with E-state index in [1.165, 1.54) is 32.1 Å². The number of rotatable bonds is 3. The molecule has 0 bridgehead atoms. The lowest BCUT2D eigenvalue weighted by Gasteiger charge is -2.28. The van der Waals surface area contributed by atoms with Crippen molar-refractivity contribution < 1.29 is 0 Å². The zero-order chi connectivity index (χ0) is 13.9. The van der Waals surface area contributed by atoms with Crippen molar-refractivity contribution in [1.82, 2.24) is 9.97 Å². The molecule has 0 atom stereocenters. The van der Waals surface area contributed by atoms with Crippen LogP contribution in [0.2, 0.25) is 0 Å². The standard InChI is InChI=1S/C17H23N3/c1-3-13-8-10-14(11-9-13)19-17-18-12(2)15-6-4-5-7-16(15)20-17/h4-7,13-14H,3,8-11H2,1-2H3,(H,18,19,20). The van der Waals surface area contributed by atoms with E-state index in [0.717, 1.165) is 28.5 Å². The fourth-order valence-corrected chi connectivity index (χ4v) is 3.20. The average Bonchev–Trinajstić information content (AvgIpc) is 2.48. The summed E-state index contributed by atoms with van der Waals surface area (Å²) < 4.78 is 0. The maximum Gasteiger partial charge on any atom is 0.223 e. The third kappa shape index (κ3) is 2.77. The molecule has 20 heavy (non-hydrogen) atoms. The topological polar surface area (TPSA) is 37.8 Å². The molecule has 1 N–H and O–H groups in total. The summed E-state index contributed by atoms with van der Waals surface area (Å²) in [4.78, 5) is 9.26. The molecule has 1 aliphatic carbocycles. The highest BCUT2D eigenvalue weighted by molar-refractivity contribution is 5.81. The van der Waals surface area contributed by atoms with Crippen molar-refractivity contribution in [1.29, 1.82) is 0 Å². The van der Waals surface area contributed by atoms with Gasteiger partial charge in [0.05, 0.1) is 11.2 Å². The van der Waals surface area contributed by atoms with Crippen LogP contribution in [0.3, 0.4) is 0 Å². The van der Waals surface area contributed by atoms with Gasteiger partial charge in [-0.3, -0.25) is 0 Å². The molecule has 3 rings (SSSR count). The lowest BCUT2D eigenvalue weighted by Crippen LogP contribution is -2.26. The van der Waals surface area contributed by atoms with E-state index in [4.69, 9.17) is 0 Å². The molecule has 1 saturated carbocycles. The highest BCUT2D eigenvalue weighted by Crippen LogP contribution is 2.28. The number of para-hydroxylation sites is 1. The first kappa shape index (κ1) is 13.3. The Morgan fingerprint density at radius 2 is 1.85 bits per heavy atom. The molecular formula is C17H23N3. The fourth-order valence-electron chi connectivity index (χ4n) is 3.20. The van der Waals surface area contributed by atoms with Gasteiger partial charge in [-0.05, 0) is 44.6 Å². The van der Waals surface area contributed by atoms with Crippen molar-refractivity contribution in [3.63, 3.8) is 0 Å². The van der Waals surface area contributed by atoms with Crippen LogP contribution in [0.4, 0.5) is 5.95 Å². The Morgan fingerprint density at radius 3 is 2.60 bits per heavy atom. The normalized spacial score (nSPS) is 22.9. The Morgan fingerprint density at radius 1 is 1.10 bits per heavy atom. The van der Waals surface area contributed by atoms with Gasteiger partial charge in [0.15, 0.2) is 0 Å². The fraction of sp³-hybridized carbons (Fsp3) is 0.529. The second kappa shape index (κ2) is 5.78. The first-order chi connectivity index (χ1) is 9.76. The molecule has 0 amide bonds. The summed E-state index contributed by atoms with van der Waals surface area (Å²) >= 11 is 0. The number of aromatic nitrogens is 2. The number of hydrogen-bond donors (Lipinski definition) is 1. The number of anilines is 1. The highest BCUT2D eigenvalue weighted by atomic mass is 15.1. The van der Waals surface area contributed by atoms with Crippen molar-refractivity contribution in [3.05, 3.63) is 30.0 Å². The molecule has 106 valence electrons. The van der Waals surface area contributed by atoms with Crippen LogP contribution in [-0.4, -0.2) is 16.0 Å². The van der Waals surface area contributed by atoms with Crippen LogP contribution < -0.4 is 5.32 Å². The van der Waals surface area contributed by atoms with Gasteiger partial charge in [0.1, 0.15) is 0 Å². The summed E-state index contributed by atoms with van der Waals surface area (Å²) in [6.45, 7) is 4.36. The Kier molecular flexibility index (Phi) is 3.86. The van der Waals surface area contributed by atoms with Gasteiger partial charge in [-0.25, -0.2) is 9.97 Å². The Labute approximate surface area is 120 Å². The molecule has 0 aliphatic heterocycles. The first-order valence-electron chi connectivity index (χ1n) is 7.76. The van der Waals surface area contributed by atoms with E-state index in [0.29, 0.717) is 6.04 Å². The molecule has 2 aromatic rings. The molecule has 0 spiro atoms. The van der Waals surface area contributed by atoms with Gasteiger partial charge in [0.2, 0.25) is 5.95 Å². The highest BCUT2D eigenvalue weighted by Gasteiger charge is 2.20. The van der Waals surface area contributed by atoms with Gasteiger partial charge in [0, 0.05) is 11.4 Å². The quantitative estimate of drug-likeness (QED) is 0.901. The van der Waals surface area contributed by atoms with Gasteiger partial charge in [-0.1, -0.05) is 31.5 Å². The molecule has 0 radical (unpaired) electrons. The molecule has 1 aromatic heterocycles. The van der Waals surface area contributed by atoms with Crippen LogP contribution in [0, 0.1) is 12.8 Å². The number of nitrogens with zero attached hydrogens (tertiary/aromatic N) is 2. The second-order valence-corrected chi connectivity index (χ2v) is 5.92. The van der Waals surface area contributed by atoms with Crippen molar-refractivity contribution in [2.45, 2.75) is 52.0 Å². The lowest BCUT2D eigenvalue weighted by atomic mass is 9.85. The van der Waals surface area contributed by atoms with Gasteiger partial charge < -0.3 is 5.32 Å². The average molecular weight is 269 g/mol. The van der Waals surface area contributed by atoms with Crippen LogP contribution in [0.25, 0.3) is 10.9 Å². The summed E-state index contributed by atoms with van der Waals surface area (Å²) in [5.41, 5.74) is 2.09. The summed E-state index contributed by atoms with van der Waals surface area (Å²) in [6.07, 6.45) is 6.47. The van der Waals surface area contributed by atoms with Crippen LogP contribution in [0.1, 0.15) is 44.7 Å². The molecule has 1 heterocycles. The molecule has 3 heteroatoms. The number of fused-ring (bicyclic) bond motifs is 1. The van der Waals surface area contributed by atoms with E-state index in [1.807, 2.05) is 12.1 Å². The third-order valence-corrected chi connectivity index (χ3v) is 4.55. The van der Waals surface area contributed by atoms with Crippen LogP contribution in [0.15, 0.2) is 24.3 Å². The lowest BCUT2D eigenvalue weighted by molar-refractivity contribution is 0.329. The zero-order valence-electron chi connectivity index (χ0n) is 12.4. The number of aryl methyl sites for hydroxylation is 1. The Balaban J connectivity index is 1.75. The van der Waals surface area contributed by atoms with Crippen molar-refractivity contribution in [2.75, 3.05) is 5.32 Å². The zero-order valence-corrected chi connectivity index (χ0v) is 12.4. The number of nitrogens with one attached hydrogen (secondary N) is 1. The van der Waals surface area contributed by atoms with Crippen molar-refractivity contribution in [3.8, 4) is 0 Å². The smallest absolute Gasteiger partial charge is 0.223 e. The minimum Gasteiger partial charge on any atom is -0.351 e. The van der Waals surface area contributed by atoms with Crippen LogP contribution >= 0.6 is 0 Å². The summed E-state index contributed by atoms with van der Waals surface area (Å²) in [5, 5.41) is 4.68. The predicted molar refractivity (Wildman–Crippen MR) is 83.9 cm³/mol. The van der Waals surface area contributed by atoms with Crippen LogP contribution in [0.5, 0.6) is 0 Å². The Hall–Kier alpha value is -1.64. The van der Waals surface area contributed by atoms with Crippen LogP contribution in [-0.2, 0) is 0 Å². The first-order valence-corrected chi connectivity index (χ1v) is 7.76. The van der Waals surface area contributed by atoms with Gasteiger partial charge in [-0.2, -0.15) is 0 Å². The molecule has 3 nitrogen and oxygen atoms in total. The van der Waals surface area contributed by atoms with Crippen molar-refractivity contribution in [2.24, 2.45) is 5.92 Å². The van der Waals surface area contributed by atoms with E-state index >= 15 is 0 Å². The molecular weight excluding hydrogens is 246 g/mol. The van der Waals surface area contributed by atoms with E-state index in [2.05, 4.69) is 41.3 Å². The van der Waals surface area contributed by atoms with Crippen molar-refractivity contribution >= 4 is 16.9 Å². The third-order valence-electron chi connectivity index (χ3n) is 4.55. The molecule has 1 fully saturated rings. The van der Waals surface area contributed by atoms with E-state index in [-0.39, 0.29) is 0 Å². The maximum absolute atomic E-state index is 4.65. The number of benzene rings is 1. The van der Waals surface area contributed by atoms with E-state index in [1.54, 1.807) is 0 Å². The van der Waals surface area contributed by atoms with E-state index < -0.39 is 0 Å². The summed E-state index contributed by atoms with van der Waals surface area (Å²) in [6, 6.07) is 8.76. The van der Waals surface area contributed by atoms with Gasteiger partial charge in [-0.15, -0.1) is 0 Å². The van der Waals surface area contributed by atoms with Gasteiger partial charge in [0.25, 0.3) is 0 Å². The largest absolute Gasteiger partial charge is 0.351 e.